The molecule has 2 aromatic carbocycles. The van der Waals surface area contributed by atoms with E-state index in [-0.39, 0.29) is 10.7 Å². The van der Waals surface area contributed by atoms with Crippen molar-refractivity contribution in [2.45, 2.75) is 11.4 Å². The quantitative estimate of drug-likeness (QED) is 0.554. The second kappa shape index (κ2) is 6.53. The molecule has 0 bridgehead atoms. The molecule has 0 fully saturated rings. The van der Waals surface area contributed by atoms with Crippen molar-refractivity contribution in [3.05, 3.63) is 54.4 Å². The van der Waals surface area contributed by atoms with E-state index in [2.05, 4.69) is 25.6 Å². The minimum absolute atomic E-state index is 0.152. The van der Waals surface area contributed by atoms with Crippen molar-refractivity contribution in [2.75, 3.05) is 6.26 Å². The first-order valence-electron chi connectivity index (χ1n) is 8.14. The van der Waals surface area contributed by atoms with Crippen LogP contribution in [0.4, 0.5) is 0 Å². The van der Waals surface area contributed by atoms with E-state index in [0.717, 1.165) is 28.3 Å². The normalized spacial score (nSPS) is 11.8. The van der Waals surface area contributed by atoms with Crippen LogP contribution >= 0.6 is 0 Å². The zero-order valence-corrected chi connectivity index (χ0v) is 15.2. The lowest BCUT2D eigenvalue weighted by molar-refractivity contribution is 0.602. The smallest absolute Gasteiger partial charge is 0.206 e. The van der Waals surface area contributed by atoms with Crippen molar-refractivity contribution in [1.82, 2.24) is 25.6 Å². The van der Waals surface area contributed by atoms with Crippen LogP contribution in [-0.2, 0) is 16.4 Å². The summed E-state index contributed by atoms with van der Waals surface area (Å²) in [6, 6.07) is 12.8. The van der Waals surface area contributed by atoms with Crippen molar-refractivity contribution >= 4 is 20.6 Å². The lowest BCUT2D eigenvalue weighted by Gasteiger charge is -2.12. The van der Waals surface area contributed by atoms with Gasteiger partial charge in [0.2, 0.25) is 5.82 Å². The second-order valence-electron chi connectivity index (χ2n) is 6.08. The number of benzene rings is 2. The number of nitrogens with zero attached hydrogens (tertiary/aromatic N) is 4. The van der Waals surface area contributed by atoms with Gasteiger partial charge in [-0.25, -0.2) is 8.42 Å². The molecule has 4 aromatic rings. The molecule has 0 unspecified atom stereocenters. The highest BCUT2D eigenvalue weighted by Gasteiger charge is 2.22. The van der Waals surface area contributed by atoms with Gasteiger partial charge in [-0.1, -0.05) is 24.3 Å². The maximum atomic E-state index is 12.3. The average Bonchev–Trinajstić information content (AvgIpc) is 3.20. The highest BCUT2D eigenvalue weighted by Crippen LogP contribution is 2.36. The van der Waals surface area contributed by atoms with Crippen LogP contribution in [0.3, 0.4) is 0 Å². The summed E-state index contributed by atoms with van der Waals surface area (Å²) in [5.74, 6) is 0.225. The number of nitrogens with two attached hydrogens (primary N) is 1. The first-order valence-corrected chi connectivity index (χ1v) is 10.0. The Morgan fingerprint density at radius 1 is 1.15 bits per heavy atom. The number of sulfone groups is 1. The summed E-state index contributed by atoms with van der Waals surface area (Å²) in [5.41, 5.74) is 8.53. The van der Waals surface area contributed by atoms with Crippen molar-refractivity contribution < 1.29 is 8.42 Å². The van der Waals surface area contributed by atoms with Crippen LogP contribution in [-0.4, -0.2) is 40.3 Å². The molecule has 27 heavy (non-hydrogen) atoms. The fourth-order valence-corrected chi connectivity index (χ4v) is 4.05. The van der Waals surface area contributed by atoms with Crippen molar-refractivity contribution in [2.24, 2.45) is 5.73 Å². The Bertz CT molecular complexity index is 1240. The number of nitrogens with one attached hydrogen (secondary N) is 1. The largest absolute Gasteiger partial charge is 0.325 e. The first-order chi connectivity index (χ1) is 13.0. The van der Waals surface area contributed by atoms with Crippen molar-refractivity contribution in [3.63, 3.8) is 0 Å². The lowest BCUT2D eigenvalue weighted by atomic mass is 9.96. The van der Waals surface area contributed by atoms with E-state index in [0.29, 0.717) is 17.7 Å². The Morgan fingerprint density at radius 2 is 2.00 bits per heavy atom. The Kier molecular flexibility index (Phi) is 4.17. The van der Waals surface area contributed by atoms with E-state index < -0.39 is 9.84 Å². The second-order valence-corrected chi connectivity index (χ2v) is 8.07. The number of H-pyrrole nitrogens is 1. The summed E-state index contributed by atoms with van der Waals surface area (Å²) in [4.78, 5) is 4.45. The third-order valence-corrected chi connectivity index (χ3v) is 5.49. The Morgan fingerprint density at radius 3 is 2.70 bits per heavy atom. The SMILES string of the molecule is CS(=O)(=O)c1cccc(-c2ccc3c(CN)nccc3c2)c1-c1nn[nH]n1. The van der Waals surface area contributed by atoms with Crippen LogP contribution in [0.5, 0.6) is 0 Å². The third-order valence-electron chi connectivity index (χ3n) is 4.35. The molecule has 136 valence electrons. The van der Waals surface area contributed by atoms with E-state index in [4.69, 9.17) is 5.73 Å². The molecule has 0 aliphatic heterocycles. The van der Waals surface area contributed by atoms with Crippen LogP contribution in [0.2, 0.25) is 0 Å². The zero-order valence-electron chi connectivity index (χ0n) is 14.4. The van der Waals surface area contributed by atoms with E-state index in [1.165, 1.54) is 0 Å². The van der Waals surface area contributed by atoms with Crippen LogP contribution < -0.4 is 5.73 Å². The number of rotatable bonds is 4. The first kappa shape index (κ1) is 17.3. The predicted octanol–water partition coefficient (Wildman–Crippen LogP) is 1.94. The van der Waals surface area contributed by atoms with Gasteiger partial charge in [-0.2, -0.15) is 5.21 Å². The average molecular weight is 380 g/mol. The molecule has 0 radical (unpaired) electrons. The van der Waals surface area contributed by atoms with Gasteiger partial charge in [0, 0.05) is 29.9 Å². The Balaban J connectivity index is 2.01. The molecule has 8 nitrogen and oxygen atoms in total. The maximum absolute atomic E-state index is 12.3. The number of aromatic nitrogens is 5. The molecule has 0 amide bonds. The number of fused-ring (bicyclic) bond motifs is 1. The lowest BCUT2D eigenvalue weighted by Crippen LogP contribution is -2.03. The van der Waals surface area contributed by atoms with E-state index >= 15 is 0 Å². The Labute approximate surface area is 155 Å². The third kappa shape index (κ3) is 3.07. The van der Waals surface area contributed by atoms with E-state index in [1.54, 1.807) is 18.3 Å². The molecule has 2 aromatic heterocycles. The van der Waals surface area contributed by atoms with E-state index in [1.807, 2.05) is 30.3 Å². The summed E-state index contributed by atoms with van der Waals surface area (Å²) >= 11 is 0. The van der Waals surface area contributed by atoms with Crippen molar-refractivity contribution in [3.8, 4) is 22.5 Å². The molecular weight excluding hydrogens is 364 g/mol. The standard InChI is InChI=1S/C18H16N6O2S/c1-27(25,26)16-4-2-3-14(17(16)18-21-23-24-22-18)11-5-6-13-12(9-11)7-8-20-15(13)10-19/h2-9H,10,19H2,1H3,(H,21,22,23,24). The van der Waals surface area contributed by atoms with Crippen molar-refractivity contribution in [1.29, 1.82) is 0 Å². The zero-order chi connectivity index (χ0) is 19.0. The molecular formula is C18H16N6O2S. The summed E-state index contributed by atoms with van der Waals surface area (Å²) in [5, 5.41) is 15.9. The number of pyridine rings is 1. The summed E-state index contributed by atoms with van der Waals surface area (Å²) in [7, 11) is -3.49. The van der Waals surface area contributed by atoms with E-state index in [9.17, 15) is 8.42 Å². The monoisotopic (exact) mass is 380 g/mol. The highest BCUT2D eigenvalue weighted by atomic mass is 32.2. The fraction of sp³-hybridized carbons (Fsp3) is 0.111. The molecule has 0 saturated heterocycles. The highest BCUT2D eigenvalue weighted by molar-refractivity contribution is 7.90. The molecule has 0 spiro atoms. The molecule has 2 heterocycles. The summed E-state index contributed by atoms with van der Waals surface area (Å²) < 4.78 is 24.6. The van der Waals surface area contributed by atoms with Crippen LogP contribution in [0.1, 0.15) is 5.69 Å². The van der Waals surface area contributed by atoms with Gasteiger partial charge >= 0.3 is 0 Å². The number of hydrogen-bond donors (Lipinski definition) is 2. The molecule has 4 rings (SSSR count). The predicted molar refractivity (Wildman–Crippen MR) is 101 cm³/mol. The van der Waals surface area contributed by atoms with Crippen LogP contribution in [0.15, 0.2) is 53.6 Å². The molecule has 0 saturated carbocycles. The number of aromatic amines is 1. The fourth-order valence-electron chi connectivity index (χ4n) is 3.15. The molecule has 0 atom stereocenters. The van der Waals surface area contributed by atoms with Gasteiger partial charge in [0.1, 0.15) is 0 Å². The van der Waals surface area contributed by atoms with Gasteiger partial charge < -0.3 is 5.73 Å². The molecule has 3 N–H and O–H groups in total. The van der Waals surface area contributed by atoms with Crippen LogP contribution in [0, 0.1) is 0 Å². The van der Waals surface area contributed by atoms with Gasteiger partial charge in [0.15, 0.2) is 9.84 Å². The van der Waals surface area contributed by atoms with Gasteiger partial charge in [0.25, 0.3) is 0 Å². The number of hydrogen-bond acceptors (Lipinski definition) is 7. The van der Waals surface area contributed by atoms with Gasteiger partial charge in [-0.3, -0.25) is 4.98 Å². The molecule has 9 heteroatoms. The maximum Gasteiger partial charge on any atom is 0.206 e. The van der Waals surface area contributed by atoms with Gasteiger partial charge in [-0.05, 0) is 39.9 Å². The summed E-state index contributed by atoms with van der Waals surface area (Å²) in [6.45, 7) is 0.342. The topological polar surface area (TPSA) is 128 Å². The van der Waals surface area contributed by atoms with Gasteiger partial charge in [-0.15, -0.1) is 10.2 Å². The van der Waals surface area contributed by atoms with Crippen LogP contribution in [0.25, 0.3) is 33.3 Å². The minimum atomic E-state index is -3.49. The number of tetrazole rings is 1. The summed E-state index contributed by atoms with van der Waals surface area (Å²) in [6.07, 6.45) is 2.87. The Hall–Kier alpha value is -3.17. The molecule has 0 aliphatic rings. The molecule has 0 aliphatic carbocycles. The van der Waals surface area contributed by atoms with Gasteiger partial charge in [0.05, 0.1) is 10.6 Å². The minimum Gasteiger partial charge on any atom is -0.325 e.